The van der Waals surface area contributed by atoms with Gasteiger partial charge >= 0.3 is 0 Å². The average Bonchev–Trinajstić information content (AvgIpc) is 2.47. The number of hydrogen-bond acceptors (Lipinski definition) is 3. The van der Waals surface area contributed by atoms with Crippen molar-refractivity contribution in [2.24, 2.45) is 0 Å². The number of aryl methyl sites for hydroxylation is 1. The third kappa shape index (κ3) is 1.61. The van der Waals surface area contributed by atoms with Crippen molar-refractivity contribution in [3.63, 3.8) is 0 Å². The lowest BCUT2D eigenvalue weighted by Crippen LogP contribution is -2.05. The number of pyridine rings is 1. The van der Waals surface area contributed by atoms with Crippen LogP contribution in [-0.2, 0) is 0 Å². The van der Waals surface area contributed by atoms with Gasteiger partial charge in [0.05, 0.1) is 22.1 Å². The summed E-state index contributed by atoms with van der Waals surface area (Å²) in [6.07, 6.45) is 3.35. The number of rotatable bonds is 1. The predicted octanol–water partition coefficient (Wildman–Crippen LogP) is 2.54. The molecule has 2 aromatic heterocycles. The lowest BCUT2D eigenvalue weighted by atomic mass is 10.2. The summed E-state index contributed by atoms with van der Waals surface area (Å²) in [6.45, 7) is 6.07. The van der Waals surface area contributed by atoms with Gasteiger partial charge in [0.1, 0.15) is 5.69 Å². The fourth-order valence-electron chi connectivity index (χ4n) is 1.60. The van der Waals surface area contributed by atoms with Crippen molar-refractivity contribution in [2.75, 3.05) is 5.73 Å². The molecule has 0 fully saturated rings. The van der Waals surface area contributed by atoms with E-state index in [0.717, 1.165) is 21.5 Å². The lowest BCUT2D eigenvalue weighted by molar-refractivity contribution is 0.829. The van der Waals surface area contributed by atoms with Crippen molar-refractivity contribution < 1.29 is 0 Å². The van der Waals surface area contributed by atoms with Crippen LogP contribution < -0.4 is 5.73 Å². The van der Waals surface area contributed by atoms with Crippen LogP contribution in [0, 0.1) is 20.8 Å². The molecule has 4 nitrogen and oxygen atoms in total. The van der Waals surface area contributed by atoms with Gasteiger partial charge < -0.3 is 5.73 Å². The largest absolute Gasteiger partial charge is 0.396 e. The predicted molar refractivity (Wildman–Crippen MR) is 67.7 cm³/mol. The Hall–Kier alpha value is -1.36. The Morgan fingerprint density at radius 3 is 2.44 bits per heavy atom. The summed E-state index contributed by atoms with van der Waals surface area (Å²) < 4.78 is 2.70. The van der Waals surface area contributed by atoms with E-state index in [-0.39, 0.29) is 0 Å². The van der Waals surface area contributed by atoms with Crippen LogP contribution >= 0.6 is 15.9 Å². The normalized spacial score (nSPS) is 10.8. The molecule has 0 atom stereocenters. The molecule has 2 heterocycles. The van der Waals surface area contributed by atoms with Crippen LogP contribution in [0.15, 0.2) is 16.9 Å². The first-order valence-corrected chi connectivity index (χ1v) is 5.74. The molecule has 2 N–H and O–H groups in total. The van der Waals surface area contributed by atoms with Crippen molar-refractivity contribution in [3.8, 4) is 5.69 Å². The molecule has 0 unspecified atom stereocenters. The minimum atomic E-state index is 0.611. The van der Waals surface area contributed by atoms with Crippen LogP contribution in [0.5, 0.6) is 0 Å². The topological polar surface area (TPSA) is 56.7 Å². The Morgan fingerprint density at radius 2 is 1.94 bits per heavy atom. The summed E-state index contributed by atoms with van der Waals surface area (Å²) in [5.74, 6) is 0. The van der Waals surface area contributed by atoms with Gasteiger partial charge in [0.2, 0.25) is 0 Å². The minimum absolute atomic E-state index is 0.611. The summed E-state index contributed by atoms with van der Waals surface area (Å²) in [4.78, 5) is 4.02. The molecule has 0 radical (unpaired) electrons. The average molecular weight is 281 g/mol. The van der Waals surface area contributed by atoms with Crippen LogP contribution in [0.1, 0.15) is 17.0 Å². The Morgan fingerprint density at radius 1 is 1.25 bits per heavy atom. The van der Waals surface area contributed by atoms with Gasteiger partial charge in [-0.3, -0.25) is 4.98 Å². The van der Waals surface area contributed by atoms with Crippen molar-refractivity contribution >= 4 is 21.6 Å². The van der Waals surface area contributed by atoms with Crippen LogP contribution in [0.2, 0.25) is 0 Å². The van der Waals surface area contributed by atoms with Crippen LogP contribution in [0.4, 0.5) is 5.69 Å². The third-order valence-corrected chi connectivity index (χ3v) is 3.35. The van der Waals surface area contributed by atoms with Crippen LogP contribution in [0.3, 0.4) is 0 Å². The summed E-state index contributed by atoms with van der Waals surface area (Å²) in [6, 6.07) is 0. The molecule has 0 amide bonds. The van der Waals surface area contributed by atoms with Gasteiger partial charge in [-0.25, -0.2) is 4.68 Å². The van der Waals surface area contributed by atoms with E-state index < -0.39 is 0 Å². The number of nitrogens with two attached hydrogens (primary N) is 1. The maximum absolute atomic E-state index is 5.93. The van der Waals surface area contributed by atoms with Crippen molar-refractivity contribution in [1.29, 1.82) is 0 Å². The molecule has 84 valence electrons. The molecular formula is C11H13BrN4. The van der Waals surface area contributed by atoms with E-state index >= 15 is 0 Å². The molecule has 0 aliphatic rings. The highest BCUT2D eigenvalue weighted by Crippen LogP contribution is 2.27. The maximum atomic E-state index is 5.93. The Labute approximate surface area is 103 Å². The highest BCUT2D eigenvalue weighted by Gasteiger charge is 2.13. The second-order valence-corrected chi connectivity index (χ2v) is 4.62. The van der Waals surface area contributed by atoms with E-state index in [4.69, 9.17) is 5.73 Å². The first-order chi connectivity index (χ1) is 7.52. The molecule has 0 aliphatic carbocycles. The zero-order valence-electron chi connectivity index (χ0n) is 9.45. The molecule has 0 spiro atoms. The first kappa shape index (κ1) is 11.1. The van der Waals surface area contributed by atoms with Crippen LogP contribution in [-0.4, -0.2) is 14.8 Å². The fourth-order valence-corrected chi connectivity index (χ4v) is 2.12. The van der Waals surface area contributed by atoms with Gasteiger partial charge in [0.15, 0.2) is 0 Å². The minimum Gasteiger partial charge on any atom is -0.396 e. The molecule has 0 bridgehead atoms. The number of aromatic nitrogens is 3. The molecule has 5 heteroatoms. The van der Waals surface area contributed by atoms with Gasteiger partial charge in [0.25, 0.3) is 0 Å². The molecule has 16 heavy (non-hydrogen) atoms. The molecule has 0 aliphatic heterocycles. The molecule has 0 saturated heterocycles. The first-order valence-electron chi connectivity index (χ1n) is 4.94. The van der Waals surface area contributed by atoms with Crippen molar-refractivity contribution in [2.45, 2.75) is 20.8 Å². The second-order valence-electron chi connectivity index (χ2n) is 3.77. The standard InChI is InChI=1S/C11H13BrN4/c1-6-7(2)15-16(8(6)3)11-9(12)4-14-5-10(11)13/h4-5H,13H2,1-3H3. The van der Waals surface area contributed by atoms with Crippen molar-refractivity contribution in [1.82, 2.24) is 14.8 Å². The highest BCUT2D eigenvalue weighted by atomic mass is 79.9. The van der Waals surface area contributed by atoms with E-state index in [2.05, 4.69) is 32.9 Å². The summed E-state index contributed by atoms with van der Waals surface area (Å²) in [5, 5.41) is 4.48. The molecular weight excluding hydrogens is 268 g/mol. The van der Waals surface area contributed by atoms with Gasteiger partial charge in [-0.1, -0.05) is 0 Å². The number of nitrogen functional groups attached to an aromatic ring is 1. The van der Waals surface area contributed by atoms with Crippen molar-refractivity contribution in [3.05, 3.63) is 33.8 Å². The fraction of sp³-hybridized carbons (Fsp3) is 0.273. The zero-order chi connectivity index (χ0) is 11.9. The smallest absolute Gasteiger partial charge is 0.105 e. The summed E-state index contributed by atoms with van der Waals surface area (Å²) in [5.41, 5.74) is 10.7. The molecule has 0 saturated carbocycles. The number of anilines is 1. The number of halogens is 1. The second kappa shape index (κ2) is 3.90. The van der Waals surface area contributed by atoms with E-state index in [1.165, 1.54) is 5.56 Å². The molecule has 0 aromatic carbocycles. The van der Waals surface area contributed by atoms with E-state index in [9.17, 15) is 0 Å². The van der Waals surface area contributed by atoms with Gasteiger partial charge in [0, 0.05) is 11.9 Å². The van der Waals surface area contributed by atoms with Gasteiger partial charge in [-0.15, -0.1) is 0 Å². The van der Waals surface area contributed by atoms with Gasteiger partial charge in [-0.05, 0) is 42.3 Å². The summed E-state index contributed by atoms with van der Waals surface area (Å²) in [7, 11) is 0. The quantitative estimate of drug-likeness (QED) is 0.873. The van der Waals surface area contributed by atoms with E-state index in [1.807, 2.05) is 18.5 Å². The van der Waals surface area contributed by atoms with Crippen LogP contribution in [0.25, 0.3) is 5.69 Å². The Balaban J connectivity index is 2.72. The van der Waals surface area contributed by atoms with Gasteiger partial charge in [-0.2, -0.15) is 5.10 Å². The SMILES string of the molecule is Cc1nn(-c2c(N)cncc2Br)c(C)c1C. The molecule has 2 rings (SSSR count). The third-order valence-electron chi connectivity index (χ3n) is 2.77. The van der Waals surface area contributed by atoms with E-state index in [0.29, 0.717) is 5.69 Å². The number of hydrogen-bond donors (Lipinski definition) is 1. The highest BCUT2D eigenvalue weighted by molar-refractivity contribution is 9.10. The maximum Gasteiger partial charge on any atom is 0.105 e. The summed E-state index contributed by atoms with van der Waals surface area (Å²) >= 11 is 3.45. The molecule has 2 aromatic rings. The Bertz CT molecular complexity index is 525. The zero-order valence-corrected chi connectivity index (χ0v) is 11.0. The monoisotopic (exact) mass is 280 g/mol. The lowest BCUT2D eigenvalue weighted by Gasteiger charge is -2.09. The Kier molecular flexibility index (Phi) is 2.71. The van der Waals surface area contributed by atoms with E-state index in [1.54, 1.807) is 12.4 Å². The number of nitrogens with zero attached hydrogens (tertiary/aromatic N) is 3.